The molecule has 0 unspecified atom stereocenters. The van der Waals surface area contributed by atoms with Gasteiger partial charge in [0.15, 0.2) is 6.10 Å². The Morgan fingerprint density at radius 2 is 1.00 bits per heavy atom. The van der Waals surface area contributed by atoms with Crippen molar-refractivity contribution in [1.29, 1.82) is 0 Å². The molecule has 0 radical (unpaired) electrons. The first-order valence-electron chi connectivity index (χ1n) is 18.1. The molecule has 0 spiro atoms. The highest BCUT2D eigenvalue weighted by atomic mass is 16.5. The number of nitrogens with one attached hydrogen (secondary N) is 1. The fourth-order valence-electron chi connectivity index (χ4n) is 5.16. The third kappa shape index (κ3) is 23.5. The molecule has 46 heavy (non-hydrogen) atoms. The van der Waals surface area contributed by atoms with Crippen molar-refractivity contribution in [2.24, 2.45) is 0 Å². The third-order valence-corrected chi connectivity index (χ3v) is 8.26. The first-order chi connectivity index (χ1) is 22.2. The van der Waals surface area contributed by atoms with Gasteiger partial charge >= 0.3 is 11.9 Å². The van der Waals surface area contributed by atoms with E-state index in [2.05, 4.69) is 19.2 Å². The lowest BCUT2D eigenvalue weighted by atomic mass is 10.0. The van der Waals surface area contributed by atoms with Crippen LogP contribution in [0.15, 0.2) is 0 Å². The van der Waals surface area contributed by atoms with Crippen LogP contribution < -0.4 is 5.32 Å². The topological polar surface area (TPSA) is 183 Å². The van der Waals surface area contributed by atoms with Crippen LogP contribution >= 0.6 is 0 Å². The number of carbonyl (C=O) groups excluding carboxylic acids is 3. The van der Waals surface area contributed by atoms with Gasteiger partial charge < -0.3 is 40.3 Å². The molecule has 0 fully saturated rings. The molecule has 0 saturated carbocycles. The molecule has 0 aliphatic rings. The molecule has 6 N–H and O–H groups in total. The standard InChI is InChI=1S/C35H67NO10/c1-3-5-7-9-11-13-15-17-19-21-25-45-30(39)24-23-28(36-34(43)33(42)32(41)31(40)29(38)27-37)35(44)46-26-22-20-18-16-14-12-10-8-6-4-2/h28-29,31-33,37-38,40-42H,3-27H2,1-2H3,(H,36,43)/t28-,29-,31+,32-,33+/m0/s1. The van der Waals surface area contributed by atoms with E-state index in [1.54, 1.807) is 0 Å². The molecule has 5 atom stereocenters. The molecule has 0 aromatic rings. The Morgan fingerprint density at radius 3 is 1.43 bits per heavy atom. The molecule has 0 bridgehead atoms. The summed E-state index contributed by atoms with van der Waals surface area (Å²) in [7, 11) is 0. The van der Waals surface area contributed by atoms with E-state index in [0.717, 1.165) is 38.5 Å². The lowest BCUT2D eigenvalue weighted by Crippen LogP contribution is -2.54. The number of ether oxygens (including phenoxy) is 2. The van der Waals surface area contributed by atoms with Crippen LogP contribution in [0.1, 0.15) is 155 Å². The summed E-state index contributed by atoms with van der Waals surface area (Å²) in [6.07, 6.45) is 14.3. The zero-order chi connectivity index (χ0) is 34.4. The highest BCUT2D eigenvalue weighted by Gasteiger charge is 2.36. The van der Waals surface area contributed by atoms with E-state index in [1.165, 1.54) is 83.5 Å². The van der Waals surface area contributed by atoms with Crippen molar-refractivity contribution in [3.8, 4) is 0 Å². The van der Waals surface area contributed by atoms with E-state index in [4.69, 9.17) is 14.6 Å². The highest BCUT2D eigenvalue weighted by Crippen LogP contribution is 2.13. The second-order valence-electron chi connectivity index (χ2n) is 12.5. The summed E-state index contributed by atoms with van der Waals surface area (Å²) < 4.78 is 10.7. The van der Waals surface area contributed by atoms with Crippen LogP contribution in [-0.4, -0.2) is 93.7 Å². The van der Waals surface area contributed by atoms with Crippen molar-refractivity contribution < 1.29 is 49.4 Å². The fraction of sp³-hybridized carbons (Fsp3) is 0.914. The maximum Gasteiger partial charge on any atom is 0.328 e. The van der Waals surface area contributed by atoms with Crippen LogP contribution in [0.2, 0.25) is 0 Å². The van der Waals surface area contributed by atoms with Gasteiger partial charge in [-0.3, -0.25) is 9.59 Å². The van der Waals surface area contributed by atoms with Gasteiger partial charge in [0.05, 0.1) is 19.8 Å². The van der Waals surface area contributed by atoms with Gasteiger partial charge in [0.1, 0.15) is 24.4 Å². The third-order valence-electron chi connectivity index (χ3n) is 8.26. The second kappa shape index (κ2) is 30.5. The quantitative estimate of drug-likeness (QED) is 0.0440. The van der Waals surface area contributed by atoms with Gasteiger partial charge in [-0.2, -0.15) is 0 Å². The molecule has 0 saturated heterocycles. The minimum Gasteiger partial charge on any atom is -0.466 e. The van der Waals surface area contributed by atoms with E-state index < -0.39 is 54.9 Å². The van der Waals surface area contributed by atoms with Gasteiger partial charge in [-0.15, -0.1) is 0 Å². The van der Waals surface area contributed by atoms with Gasteiger partial charge in [-0.05, 0) is 19.3 Å². The highest BCUT2D eigenvalue weighted by molar-refractivity contribution is 5.87. The Labute approximate surface area is 277 Å². The zero-order valence-corrected chi connectivity index (χ0v) is 28.8. The summed E-state index contributed by atoms with van der Waals surface area (Å²) in [5.41, 5.74) is 0. The van der Waals surface area contributed by atoms with E-state index in [1.807, 2.05) is 0 Å². The van der Waals surface area contributed by atoms with E-state index in [-0.39, 0.29) is 26.1 Å². The van der Waals surface area contributed by atoms with Gasteiger partial charge in [0, 0.05) is 6.42 Å². The number of esters is 2. The van der Waals surface area contributed by atoms with Crippen molar-refractivity contribution >= 4 is 17.8 Å². The van der Waals surface area contributed by atoms with Crippen LogP contribution in [-0.2, 0) is 23.9 Å². The summed E-state index contributed by atoms with van der Waals surface area (Å²) in [5, 5.41) is 50.9. The Hall–Kier alpha value is -1.79. The lowest BCUT2D eigenvalue weighted by Gasteiger charge is -2.26. The van der Waals surface area contributed by atoms with E-state index in [0.29, 0.717) is 6.42 Å². The first-order valence-corrected chi connectivity index (χ1v) is 18.1. The van der Waals surface area contributed by atoms with E-state index in [9.17, 15) is 34.8 Å². The van der Waals surface area contributed by atoms with Gasteiger partial charge in [-0.1, -0.05) is 129 Å². The zero-order valence-electron chi connectivity index (χ0n) is 28.8. The van der Waals surface area contributed by atoms with Crippen molar-refractivity contribution in [2.75, 3.05) is 19.8 Å². The van der Waals surface area contributed by atoms with E-state index >= 15 is 0 Å². The molecule has 11 heteroatoms. The second-order valence-corrected chi connectivity index (χ2v) is 12.5. The molecule has 0 heterocycles. The van der Waals surface area contributed by atoms with Crippen LogP contribution in [0.25, 0.3) is 0 Å². The number of aliphatic hydroxyl groups is 5. The average molecular weight is 662 g/mol. The van der Waals surface area contributed by atoms with Gasteiger partial charge in [-0.25, -0.2) is 4.79 Å². The molecule has 11 nitrogen and oxygen atoms in total. The fourth-order valence-corrected chi connectivity index (χ4v) is 5.16. The van der Waals surface area contributed by atoms with Crippen molar-refractivity contribution in [2.45, 2.75) is 186 Å². The van der Waals surface area contributed by atoms with Crippen LogP contribution in [0, 0.1) is 0 Å². The number of unbranched alkanes of at least 4 members (excludes halogenated alkanes) is 18. The predicted octanol–water partition coefficient (Wildman–Crippen LogP) is 4.62. The molecule has 0 rings (SSSR count). The summed E-state index contributed by atoms with van der Waals surface area (Å²) in [4.78, 5) is 37.8. The molecule has 0 aliphatic heterocycles. The Morgan fingerprint density at radius 1 is 0.587 bits per heavy atom. The summed E-state index contributed by atoms with van der Waals surface area (Å²) >= 11 is 0. The number of rotatable bonds is 32. The maximum atomic E-state index is 12.8. The molecule has 272 valence electrons. The molecule has 1 amide bonds. The molecule has 0 aliphatic carbocycles. The Kier molecular flexibility index (Phi) is 29.3. The number of hydrogen-bond donors (Lipinski definition) is 6. The Balaban J connectivity index is 4.65. The smallest absolute Gasteiger partial charge is 0.328 e. The monoisotopic (exact) mass is 661 g/mol. The van der Waals surface area contributed by atoms with Crippen molar-refractivity contribution in [3.63, 3.8) is 0 Å². The molecular formula is C35H67NO10. The minimum absolute atomic E-state index is 0.136. The summed E-state index contributed by atoms with van der Waals surface area (Å²) in [6.45, 7) is 3.91. The molecule has 0 aromatic carbocycles. The lowest BCUT2D eigenvalue weighted by molar-refractivity contribution is -0.155. The normalized spacial score (nSPS) is 14.7. The number of amides is 1. The number of hydrogen-bond acceptors (Lipinski definition) is 10. The predicted molar refractivity (Wildman–Crippen MR) is 178 cm³/mol. The van der Waals surface area contributed by atoms with Gasteiger partial charge in [0.25, 0.3) is 5.91 Å². The SMILES string of the molecule is CCCCCCCCCCCCOC(=O)CC[C@H](NC(=O)[C@H](O)[C@@H](O)[C@H](O)[C@@H](O)CO)C(=O)OCCCCCCCCCCCC. The largest absolute Gasteiger partial charge is 0.466 e. The van der Waals surface area contributed by atoms with Crippen LogP contribution in [0.3, 0.4) is 0 Å². The summed E-state index contributed by atoms with van der Waals surface area (Å²) in [5.74, 6) is -2.51. The first kappa shape index (κ1) is 44.2. The number of aliphatic hydroxyl groups excluding tert-OH is 5. The Bertz CT molecular complexity index is 753. The molecule has 0 aromatic heterocycles. The van der Waals surface area contributed by atoms with Crippen molar-refractivity contribution in [1.82, 2.24) is 5.32 Å². The minimum atomic E-state index is -2.21. The van der Waals surface area contributed by atoms with Crippen molar-refractivity contribution in [3.05, 3.63) is 0 Å². The van der Waals surface area contributed by atoms with Crippen LogP contribution in [0.5, 0.6) is 0 Å². The number of carbonyl (C=O) groups is 3. The van der Waals surface area contributed by atoms with Gasteiger partial charge in [0.2, 0.25) is 0 Å². The van der Waals surface area contributed by atoms with Crippen LogP contribution in [0.4, 0.5) is 0 Å². The molecular weight excluding hydrogens is 594 g/mol. The summed E-state index contributed by atoms with van der Waals surface area (Å²) in [6, 6.07) is -1.30. The average Bonchev–Trinajstić information content (AvgIpc) is 3.06. The maximum absolute atomic E-state index is 12.8.